The lowest BCUT2D eigenvalue weighted by Gasteiger charge is -2.16. The quantitative estimate of drug-likeness (QED) is 0.249. The van der Waals surface area contributed by atoms with Crippen LogP contribution in [0.25, 0.3) is 10.9 Å². The van der Waals surface area contributed by atoms with Gasteiger partial charge in [-0.05, 0) is 25.1 Å². The van der Waals surface area contributed by atoms with Crippen molar-refractivity contribution in [3.05, 3.63) is 30.0 Å². The van der Waals surface area contributed by atoms with Crippen molar-refractivity contribution in [2.24, 2.45) is 9.98 Å². The second kappa shape index (κ2) is 14.3. The van der Waals surface area contributed by atoms with E-state index in [9.17, 15) is 4.79 Å². The van der Waals surface area contributed by atoms with E-state index in [1.54, 1.807) is 19.5 Å². The van der Waals surface area contributed by atoms with Crippen molar-refractivity contribution in [1.29, 1.82) is 0 Å². The first-order valence-corrected chi connectivity index (χ1v) is 11.2. The number of fused-ring (bicyclic) bond motifs is 1. The minimum Gasteiger partial charge on any atom is -0.492 e. The first-order valence-electron chi connectivity index (χ1n) is 11.2. The summed E-state index contributed by atoms with van der Waals surface area (Å²) < 4.78 is 11.7. The standard InChI is InChI=1S/C24H35N5O3/c1-4-7-22(28-5-2)23(30)16-31-12-6-13-32-24-18(10-11-27-17-26-3)8-9-21-20(24)14-19(25)15-29-21/h8-9,11,14-15,17,22,28H,4-7,10,12-13,16,25H2,1-3H3/b26-17-,27-11-. The summed E-state index contributed by atoms with van der Waals surface area (Å²) in [5.74, 6) is 0.843. The molecule has 0 saturated heterocycles. The Labute approximate surface area is 190 Å². The Balaban J connectivity index is 1.94. The third kappa shape index (κ3) is 8.01. The number of nitrogens with zero attached hydrogens (tertiary/aromatic N) is 3. The van der Waals surface area contributed by atoms with Gasteiger partial charge in [0.25, 0.3) is 0 Å². The van der Waals surface area contributed by atoms with E-state index in [0.29, 0.717) is 31.7 Å². The molecule has 174 valence electrons. The van der Waals surface area contributed by atoms with Crippen LogP contribution >= 0.6 is 0 Å². The first-order chi connectivity index (χ1) is 15.6. The molecule has 0 aliphatic rings. The molecular formula is C24H35N5O3. The van der Waals surface area contributed by atoms with Crippen LogP contribution in [-0.4, -0.2) is 62.8 Å². The van der Waals surface area contributed by atoms with E-state index in [4.69, 9.17) is 15.2 Å². The van der Waals surface area contributed by atoms with E-state index in [-0.39, 0.29) is 18.4 Å². The highest BCUT2D eigenvalue weighted by molar-refractivity contribution is 5.90. The molecule has 0 bridgehead atoms. The summed E-state index contributed by atoms with van der Waals surface area (Å²) in [7, 11) is 1.68. The van der Waals surface area contributed by atoms with E-state index < -0.39 is 0 Å². The third-order valence-corrected chi connectivity index (χ3v) is 4.86. The number of carbonyl (C=O) groups excluding carboxylic acids is 1. The largest absolute Gasteiger partial charge is 0.492 e. The monoisotopic (exact) mass is 441 g/mol. The summed E-state index contributed by atoms with van der Waals surface area (Å²) in [6, 6.07) is 5.68. The Hall–Kier alpha value is -2.84. The number of ketones is 1. The van der Waals surface area contributed by atoms with Gasteiger partial charge in [-0.15, -0.1) is 0 Å². The predicted molar refractivity (Wildman–Crippen MR) is 131 cm³/mol. The number of ether oxygens (including phenoxy) is 2. The number of Topliss-reactive ketones (excluding diaryl/α,β-unsaturated/α-hetero) is 1. The number of anilines is 1. The fourth-order valence-electron chi connectivity index (χ4n) is 3.35. The molecular weight excluding hydrogens is 406 g/mol. The second-order valence-electron chi connectivity index (χ2n) is 7.42. The number of nitrogens with one attached hydrogen (secondary N) is 1. The maximum absolute atomic E-state index is 12.3. The lowest BCUT2D eigenvalue weighted by molar-refractivity contribution is -0.125. The maximum atomic E-state index is 12.3. The van der Waals surface area contributed by atoms with Gasteiger partial charge in [0.15, 0.2) is 5.78 Å². The van der Waals surface area contributed by atoms with Crippen LogP contribution in [-0.2, 0) is 16.0 Å². The van der Waals surface area contributed by atoms with E-state index in [1.165, 1.54) is 6.34 Å². The fourth-order valence-corrected chi connectivity index (χ4v) is 3.35. The van der Waals surface area contributed by atoms with Crippen molar-refractivity contribution < 1.29 is 14.3 Å². The maximum Gasteiger partial charge on any atom is 0.175 e. The first kappa shape index (κ1) is 25.4. The average molecular weight is 442 g/mol. The Morgan fingerprint density at radius 1 is 1.31 bits per heavy atom. The molecule has 1 atom stereocenters. The number of hydrogen-bond acceptors (Lipinski definition) is 7. The smallest absolute Gasteiger partial charge is 0.175 e. The number of likely N-dealkylation sites (N-methyl/N-ethyl adjacent to an activating group) is 1. The van der Waals surface area contributed by atoms with Crippen LogP contribution in [0.5, 0.6) is 5.75 Å². The van der Waals surface area contributed by atoms with Gasteiger partial charge in [-0.2, -0.15) is 0 Å². The minimum atomic E-state index is -0.128. The number of aliphatic imine (C=N–C) groups is 2. The molecule has 2 rings (SSSR count). The molecule has 0 aliphatic carbocycles. The predicted octanol–water partition coefficient (Wildman–Crippen LogP) is 3.22. The van der Waals surface area contributed by atoms with Crippen LogP contribution in [0.3, 0.4) is 0 Å². The molecule has 1 unspecified atom stereocenters. The molecule has 8 heteroatoms. The van der Waals surface area contributed by atoms with E-state index in [2.05, 4.69) is 27.2 Å². The number of carbonyl (C=O) groups is 1. The molecule has 0 radical (unpaired) electrons. The summed E-state index contributed by atoms with van der Waals surface area (Å²) in [4.78, 5) is 24.7. The normalized spacial score (nSPS) is 12.7. The summed E-state index contributed by atoms with van der Waals surface area (Å²) in [6.07, 6.45) is 7.96. The third-order valence-electron chi connectivity index (χ3n) is 4.86. The molecule has 0 spiro atoms. The summed E-state index contributed by atoms with van der Waals surface area (Å²) in [5, 5.41) is 4.09. The highest BCUT2D eigenvalue weighted by atomic mass is 16.5. The van der Waals surface area contributed by atoms with Gasteiger partial charge in [0.05, 0.1) is 36.7 Å². The Bertz CT molecular complexity index is 908. The SMILES string of the molecule is CCCC(NCC)C(=O)COCCCOc1c(C/C=N\C=N/C)ccc2ncc(N)cc12. The lowest BCUT2D eigenvalue weighted by atomic mass is 10.1. The van der Waals surface area contributed by atoms with Crippen LogP contribution in [0.2, 0.25) is 0 Å². The van der Waals surface area contributed by atoms with Crippen LogP contribution in [0.4, 0.5) is 5.69 Å². The van der Waals surface area contributed by atoms with E-state index in [0.717, 1.165) is 41.6 Å². The van der Waals surface area contributed by atoms with Gasteiger partial charge in [-0.3, -0.25) is 14.8 Å². The number of benzene rings is 1. The van der Waals surface area contributed by atoms with Gasteiger partial charge >= 0.3 is 0 Å². The van der Waals surface area contributed by atoms with Crippen molar-refractivity contribution in [2.75, 3.05) is 39.1 Å². The van der Waals surface area contributed by atoms with Crippen LogP contribution in [0, 0.1) is 0 Å². The van der Waals surface area contributed by atoms with E-state index in [1.807, 2.05) is 25.1 Å². The van der Waals surface area contributed by atoms with Crippen molar-refractivity contribution in [3.8, 4) is 5.75 Å². The molecule has 8 nitrogen and oxygen atoms in total. The zero-order valence-electron chi connectivity index (χ0n) is 19.3. The number of aromatic nitrogens is 1. The fraction of sp³-hybridized carbons (Fsp3) is 0.500. The second-order valence-corrected chi connectivity index (χ2v) is 7.42. The van der Waals surface area contributed by atoms with Crippen LogP contribution in [0.15, 0.2) is 34.4 Å². The molecule has 1 aromatic carbocycles. The molecule has 2 aromatic rings. The van der Waals surface area contributed by atoms with Gasteiger partial charge in [-0.25, -0.2) is 4.99 Å². The molecule has 1 heterocycles. The molecule has 32 heavy (non-hydrogen) atoms. The molecule has 1 aromatic heterocycles. The Morgan fingerprint density at radius 2 is 2.16 bits per heavy atom. The topological polar surface area (TPSA) is 111 Å². The van der Waals surface area contributed by atoms with Gasteiger partial charge < -0.3 is 20.5 Å². The summed E-state index contributed by atoms with van der Waals surface area (Å²) in [5.41, 5.74) is 8.34. The molecule has 0 amide bonds. The van der Waals surface area contributed by atoms with Crippen LogP contribution in [0.1, 0.15) is 38.7 Å². The van der Waals surface area contributed by atoms with Crippen molar-refractivity contribution in [3.63, 3.8) is 0 Å². The Kier molecular flexibility index (Phi) is 11.3. The zero-order chi connectivity index (χ0) is 23.2. The molecule has 0 fully saturated rings. The summed E-state index contributed by atoms with van der Waals surface area (Å²) in [6.45, 7) is 5.87. The highest BCUT2D eigenvalue weighted by Gasteiger charge is 2.16. The van der Waals surface area contributed by atoms with E-state index >= 15 is 0 Å². The average Bonchev–Trinajstić information content (AvgIpc) is 2.79. The molecule has 3 N–H and O–H groups in total. The van der Waals surface area contributed by atoms with Gasteiger partial charge in [0.2, 0.25) is 0 Å². The van der Waals surface area contributed by atoms with Gasteiger partial charge in [-0.1, -0.05) is 26.3 Å². The number of rotatable bonds is 15. The molecule has 0 aliphatic heterocycles. The summed E-state index contributed by atoms with van der Waals surface area (Å²) >= 11 is 0. The van der Waals surface area contributed by atoms with Gasteiger partial charge in [0, 0.05) is 37.1 Å². The van der Waals surface area contributed by atoms with Gasteiger partial charge in [0.1, 0.15) is 18.7 Å². The number of hydrogen-bond donors (Lipinski definition) is 2. The molecule has 0 saturated carbocycles. The van der Waals surface area contributed by atoms with Crippen molar-refractivity contribution >= 4 is 34.9 Å². The highest BCUT2D eigenvalue weighted by Crippen LogP contribution is 2.30. The zero-order valence-corrected chi connectivity index (χ0v) is 19.3. The number of nitrogen functional groups attached to an aromatic ring is 1. The van der Waals surface area contributed by atoms with Crippen LogP contribution < -0.4 is 15.8 Å². The minimum absolute atomic E-state index is 0.0995. The Morgan fingerprint density at radius 3 is 2.91 bits per heavy atom. The number of nitrogens with two attached hydrogens (primary N) is 1. The van der Waals surface area contributed by atoms with Crippen molar-refractivity contribution in [2.45, 2.75) is 45.6 Å². The van der Waals surface area contributed by atoms with Crippen molar-refractivity contribution in [1.82, 2.24) is 10.3 Å². The number of pyridine rings is 1. The lowest BCUT2D eigenvalue weighted by Crippen LogP contribution is -2.38.